The molecule has 0 unspecified atom stereocenters. The predicted molar refractivity (Wildman–Crippen MR) is 68.6 cm³/mol. The lowest BCUT2D eigenvalue weighted by molar-refractivity contribution is 0.415. The number of halogens is 1. The Hall–Kier alpha value is -1.40. The molecule has 0 aliphatic heterocycles. The minimum Gasteiger partial charge on any atom is -0.497 e. The molecule has 17 heavy (non-hydrogen) atoms. The summed E-state index contributed by atoms with van der Waals surface area (Å²) in [5, 5.41) is 9.73. The molecule has 0 N–H and O–H groups in total. The summed E-state index contributed by atoms with van der Waals surface area (Å²) in [7, 11) is 3.58. The Kier molecular flexibility index (Phi) is 3.17. The van der Waals surface area contributed by atoms with Crippen LogP contribution < -0.4 is 9.64 Å². The molecule has 3 nitrogen and oxygen atoms in total. The molecular weight excluding hydrogens is 236 g/mol. The van der Waals surface area contributed by atoms with Gasteiger partial charge in [0.25, 0.3) is 0 Å². The number of anilines is 1. The SMILES string of the molecule is COc1ccc(N(C)CC2(C#N)CC2)c(Cl)c1. The highest BCUT2D eigenvalue weighted by Gasteiger charge is 2.44. The summed E-state index contributed by atoms with van der Waals surface area (Å²) in [5.41, 5.74) is 0.784. The number of benzene rings is 1. The molecule has 0 amide bonds. The summed E-state index contributed by atoms with van der Waals surface area (Å²) in [6.45, 7) is 0.732. The van der Waals surface area contributed by atoms with Crippen LogP contribution in [0.15, 0.2) is 18.2 Å². The third-order valence-corrected chi connectivity index (χ3v) is 3.50. The van der Waals surface area contributed by atoms with Gasteiger partial charge in [0.05, 0.1) is 29.3 Å². The maximum absolute atomic E-state index is 9.07. The van der Waals surface area contributed by atoms with Gasteiger partial charge in [-0.3, -0.25) is 0 Å². The van der Waals surface area contributed by atoms with Crippen LogP contribution in [0, 0.1) is 16.7 Å². The Morgan fingerprint density at radius 1 is 1.53 bits per heavy atom. The first kappa shape index (κ1) is 12.1. The molecule has 1 aliphatic carbocycles. The van der Waals surface area contributed by atoms with Gasteiger partial charge in [-0.15, -0.1) is 0 Å². The molecule has 0 saturated heterocycles. The summed E-state index contributed by atoms with van der Waals surface area (Å²) in [6.07, 6.45) is 1.98. The summed E-state index contributed by atoms with van der Waals surface area (Å²) in [5.74, 6) is 0.744. The number of nitriles is 1. The first-order chi connectivity index (χ1) is 8.10. The monoisotopic (exact) mass is 250 g/mol. The number of methoxy groups -OCH3 is 1. The summed E-state index contributed by atoms with van der Waals surface area (Å²) < 4.78 is 5.11. The van der Waals surface area contributed by atoms with E-state index in [2.05, 4.69) is 6.07 Å². The van der Waals surface area contributed by atoms with Crippen LogP contribution >= 0.6 is 11.6 Å². The molecule has 0 atom stereocenters. The molecule has 0 heterocycles. The Labute approximate surface area is 107 Å². The van der Waals surface area contributed by atoms with Crippen LogP contribution in [0.3, 0.4) is 0 Å². The highest BCUT2D eigenvalue weighted by atomic mass is 35.5. The van der Waals surface area contributed by atoms with E-state index in [4.69, 9.17) is 21.6 Å². The van der Waals surface area contributed by atoms with Crippen molar-refractivity contribution in [3.63, 3.8) is 0 Å². The smallest absolute Gasteiger partial charge is 0.120 e. The third kappa shape index (κ3) is 2.48. The van der Waals surface area contributed by atoms with Gasteiger partial charge in [0.2, 0.25) is 0 Å². The number of ether oxygens (including phenoxy) is 1. The Balaban J connectivity index is 2.14. The van der Waals surface area contributed by atoms with E-state index >= 15 is 0 Å². The van der Waals surface area contributed by atoms with Crippen molar-refractivity contribution in [2.75, 3.05) is 25.6 Å². The van der Waals surface area contributed by atoms with Crippen molar-refractivity contribution in [1.29, 1.82) is 5.26 Å². The van der Waals surface area contributed by atoms with Crippen molar-refractivity contribution in [2.24, 2.45) is 5.41 Å². The van der Waals surface area contributed by atoms with Gasteiger partial charge >= 0.3 is 0 Å². The average Bonchev–Trinajstić information content (AvgIpc) is 3.09. The van der Waals surface area contributed by atoms with E-state index in [1.165, 1.54) is 0 Å². The minimum absolute atomic E-state index is 0.155. The van der Waals surface area contributed by atoms with Crippen molar-refractivity contribution < 1.29 is 4.74 Å². The first-order valence-corrected chi connectivity index (χ1v) is 5.94. The molecule has 0 bridgehead atoms. The largest absolute Gasteiger partial charge is 0.497 e. The van der Waals surface area contributed by atoms with Gasteiger partial charge in [-0.1, -0.05) is 11.6 Å². The molecule has 0 spiro atoms. The summed E-state index contributed by atoms with van der Waals surface area (Å²) in [4.78, 5) is 2.04. The van der Waals surface area contributed by atoms with Crippen LogP contribution in [0.1, 0.15) is 12.8 Å². The minimum atomic E-state index is -0.155. The summed E-state index contributed by atoms with van der Waals surface area (Å²) >= 11 is 6.19. The van der Waals surface area contributed by atoms with Gasteiger partial charge in [-0.2, -0.15) is 5.26 Å². The molecule has 1 aromatic carbocycles. The molecule has 0 aromatic heterocycles. The van der Waals surface area contributed by atoms with Crippen molar-refractivity contribution in [2.45, 2.75) is 12.8 Å². The van der Waals surface area contributed by atoms with Crippen LogP contribution in [-0.4, -0.2) is 20.7 Å². The quantitative estimate of drug-likeness (QED) is 0.824. The molecule has 2 rings (SSSR count). The van der Waals surface area contributed by atoms with Crippen molar-refractivity contribution in [3.05, 3.63) is 23.2 Å². The highest BCUT2D eigenvalue weighted by Crippen LogP contribution is 2.46. The molecule has 4 heteroatoms. The van der Waals surface area contributed by atoms with E-state index < -0.39 is 0 Å². The Morgan fingerprint density at radius 3 is 2.71 bits per heavy atom. The average molecular weight is 251 g/mol. The molecule has 90 valence electrons. The van der Waals surface area contributed by atoms with Crippen LogP contribution in [0.25, 0.3) is 0 Å². The lowest BCUT2D eigenvalue weighted by atomic mass is 10.1. The fourth-order valence-electron chi connectivity index (χ4n) is 1.92. The second-order valence-corrected chi connectivity index (χ2v) is 4.97. The zero-order valence-electron chi connectivity index (χ0n) is 10.0. The lowest BCUT2D eigenvalue weighted by Crippen LogP contribution is -2.25. The van der Waals surface area contributed by atoms with Gasteiger partial charge in [0.1, 0.15) is 5.75 Å². The van der Waals surface area contributed by atoms with Crippen LogP contribution in [0.5, 0.6) is 5.75 Å². The Bertz CT molecular complexity index is 463. The van der Waals surface area contributed by atoms with E-state index in [1.807, 2.05) is 24.1 Å². The number of hydrogen-bond donors (Lipinski definition) is 0. The summed E-state index contributed by atoms with van der Waals surface area (Å²) in [6, 6.07) is 7.98. The maximum atomic E-state index is 9.07. The zero-order chi connectivity index (χ0) is 12.5. The van der Waals surface area contributed by atoms with Crippen LogP contribution in [0.4, 0.5) is 5.69 Å². The fraction of sp³-hybridized carbons (Fsp3) is 0.462. The van der Waals surface area contributed by atoms with E-state index in [-0.39, 0.29) is 5.41 Å². The second-order valence-electron chi connectivity index (χ2n) is 4.57. The van der Waals surface area contributed by atoms with Crippen molar-refractivity contribution >= 4 is 17.3 Å². The van der Waals surface area contributed by atoms with Gasteiger partial charge in [-0.25, -0.2) is 0 Å². The molecule has 1 aromatic rings. The van der Waals surface area contributed by atoms with Gasteiger partial charge in [0, 0.05) is 19.7 Å². The second kappa shape index (κ2) is 4.46. The number of hydrogen-bond acceptors (Lipinski definition) is 3. The molecule has 1 aliphatic rings. The molecule has 0 radical (unpaired) electrons. The van der Waals surface area contributed by atoms with Crippen molar-refractivity contribution in [3.8, 4) is 11.8 Å². The van der Waals surface area contributed by atoms with E-state index in [9.17, 15) is 0 Å². The topological polar surface area (TPSA) is 36.3 Å². The van der Waals surface area contributed by atoms with E-state index in [0.717, 1.165) is 30.8 Å². The number of rotatable bonds is 4. The van der Waals surface area contributed by atoms with E-state index in [0.29, 0.717) is 5.02 Å². The Morgan fingerprint density at radius 2 is 2.24 bits per heavy atom. The van der Waals surface area contributed by atoms with E-state index in [1.54, 1.807) is 13.2 Å². The van der Waals surface area contributed by atoms with Gasteiger partial charge < -0.3 is 9.64 Å². The highest BCUT2D eigenvalue weighted by molar-refractivity contribution is 6.33. The first-order valence-electron chi connectivity index (χ1n) is 5.56. The van der Waals surface area contributed by atoms with Crippen LogP contribution in [-0.2, 0) is 0 Å². The molecule has 1 fully saturated rings. The normalized spacial score (nSPS) is 16.1. The third-order valence-electron chi connectivity index (χ3n) is 3.20. The lowest BCUT2D eigenvalue weighted by Gasteiger charge is -2.23. The fourth-order valence-corrected chi connectivity index (χ4v) is 2.23. The van der Waals surface area contributed by atoms with Crippen LogP contribution in [0.2, 0.25) is 5.02 Å². The van der Waals surface area contributed by atoms with Gasteiger partial charge in [0.15, 0.2) is 0 Å². The number of nitrogens with zero attached hydrogens (tertiary/aromatic N) is 2. The van der Waals surface area contributed by atoms with Crippen molar-refractivity contribution in [1.82, 2.24) is 0 Å². The predicted octanol–water partition coefficient (Wildman–Crippen LogP) is 3.09. The maximum Gasteiger partial charge on any atom is 0.120 e. The zero-order valence-corrected chi connectivity index (χ0v) is 10.8. The van der Waals surface area contributed by atoms with Gasteiger partial charge in [-0.05, 0) is 25.0 Å². The molecular formula is C13H15ClN2O. The standard InChI is InChI=1S/C13H15ClN2O/c1-16(9-13(8-15)5-6-13)12-4-3-10(17-2)7-11(12)14/h3-4,7H,5-6,9H2,1-2H3. The molecule has 1 saturated carbocycles.